The Labute approximate surface area is 128 Å². The van der Waals surface area contributed by atoms with Crippen molar-refractivity contribution in [3.05, 3.63) is 35.4 Å². The van der Waals surface area contributed by atoms with Gasteiger partial charge in [-0.2, -0.15) is 13.2 Å². The molecule has 2 rings (SSSR count). The van der Waals surface area contributed by atoms with Crippen LogP contribution in [0.25, 0.3) is 0 Å². The first kappa shape index (κ1) is 17.2. The summed E-state index contributed by atoms with van der Waals surface area (Å²) in [5.41, 5.74) is -0.187. The van der Waals surface area contributed by atoms with Crippen molar-refractivity contribution in [3.8, 4) is 0 Å². The van der Waals surface area contributed by atoms with Crippen LogP contribution in [0.15, 0.2) is 18.2 Å². The predicted molar refractivity (Wildman–Crippen MR) is 69.5 cm³/mol. The van der Waals surface area contributed by atoms with Crippen molar-refractivity contribution in [2.45, 2.75) is 18.6 Å². The summed E-state index contributed by atoms with van der Waals surface area (Å²) in [5.74, 6) is -3.94. The highest BCUT2D eigenvalue weighted by Crippen LogP contribution is 2.24. The quantitative estimate of drug-likeness (QED) is 0.794. The molecule has 1 saturated heterocycles. The van der Waals surface area contributed by atoms with Gasteiger partial charge in [0.1, 0.15) is 12.6 Å². The third kappa shape index (κ3) is 3.77. The minimum Gasteiger partial charge on any atom is -0.332 e. The summed E-state index contributed by atoms with van der Waals surface area (Å²) in [4.78, 5) is 25.7. The molecule has 1 aromatic carbocycles. The number of benzene rings is 1. The highest BCUT2D eigenvalue weighted by Gasteiger charge is 2.41. The first-order valence-electron chi connectivity index (χ1n) is 6.68. The molecule has 1 atom stereocenters. The predicted octanol–water partition coefficient (Wildman–Crippen LogP) is 2.20. The van der Waals surface area contributed by atoms with Gasteiger partial charge < -0.3 is 9.80 Å². The zero-order valence-corrected chi connectivity index (χ0v) is 12.0. The van der Waals surface area contributed by atoms with E-state index in [1.165, 1.54) is 7.05 Å². The molecule has 0 bridgehead atoms. The van der Waals surface area contributed by atoms with Gasteiger partial charge in [-0.1, -0.05) is 0 Å². The zero-order chi connectivity index (χ0) is 17.4. The van der Waals surface area contributed by atoms with Crippen molar-refractivity contribution >= 4 is 11.8 Å². The highest BCUT2D eigenvalue weighted by atomic mass is 19.4. The Morgan fingerprint density at radius 3 is 2.52 bits per heavy atom. The van der Waals surface area contributed by atoms with Crippen LogP contribution in [0.1, 0.15) is 16.8 Å². The van der Waals surface area contributed by atoms with Crippen molar-refractivity contribution in [2.75, 3.05) is 20.1 Å². The third-order valence-electron chi connectivity index (χ3n) is 3.59. The fourth-order valence-electron chi connectivity index (χ4n) is 2.43. The van der Waals surface area contributed by atoms with Crippen LogP contribution in [0.4, 0.5) is 22.0 Å². The topological polar surface area (TPSA) is 40.6 Å². The van der Waals surface area contributed by atoms with Crippen molar-refractivity contribution in [2.24, 2.45) is 0 Å². The second kappa shape index (κ2) is 6.13. The Morgan fingerprint density at radius 1 is 1.30 bits per heavy atom. The van der Waals surface area contributed by atoms with E-state index in [1.807, 2.05) is 0 Å². The number of nitrogens with zero attached hydrogens (tertiary/aromatic N) is 2. The van der Waals surface area contributed by atoms with Crippen LogP contribution in [0, 0.1) is 11.6 Å². The van der Waals surface area contributed by atoms with E-state index in [0.717, 1.165) is 17.0 Å². The molecule has 0 aromatic heterocycles. The van der Waals surface area contributed by atoms with Gasteiger partial charge in [0.15, 0.2) is 11.6 Å². The number of hydrogen-bond acceptors (Lipinski definition) is 2. The summed E-state index contributed by atoms with van der Waals surface area (Å²) in [5, 5.41) is 0. The molecule has 0 spiro atoms. The van der Waals surface area contributed by atoms with E-state index in [4.69, 9.17) is 0 Å². The van der Waals surface area contributed by atoms with Crippen LogP contribution >= 0.6 is 0 Å². The maximum absolute atomic E-state index is 13.2. The molecule has 2 amide bonds. The van der Waals surface area contributed by atoms with Crippen molar-refractivity contribution in [3.63, 3.8) is 0 Å². The number of amides is 2. The number of likely N-dealkylation sites (N-methyl/N-ethyl adjacent to an activating group) is 1. The summed E-state index contributed by atoms with van der Waals surface area (Å²) in [6.07, 6.45) is -4.48. The molecule has 9 heteroatoms. The van der Waals surface area contributed by atoms with E-state index in [1.54, 1.807) is 0 Å². The summed E-state index contributed by atoms with van der Waals surface area (Å²) in [6.45, 7) is -1.51. The lowest BCUT2D eigenvalue weighted by Crippen LogP contribution is -2.44. The largest absolute Gasteiger partial charge is 0.406 e. The number of carbonyl (C=O) groups excluding carboxylic acids is 2. The minimum atomic E-state index is -4.52. The third-order valence-corrected chi connectivity index (χ3v) is 3.59. The smallest absolute Gasteiger partial charge is 0.332 e. The van der Waals surface area contributed by atoms with Gasteiger partial charge in [-0.05, 0) is 24.6 Å². The van der Waals surface area contributed by atoms with Crippen molar-refractivity contribution in [1.29, 1.82) is 0 Å². The lowest BCUT2D eigenvalue weighted by Gasteiger charge is -2.24. The number of rotatable bonds is 3. The molecule has 1 aliphatic heterocycles. The van der Waals surface area contributed by atoms with E-state index >= 15 is 0 Å². The summed E-state index contributed by atoms with van der Waals surface area (Å²) in [6, 6.07) is 1.44. The molecule has 0 aliphatic carbocycles. The summed E-state index contributed by atoms with van der Waals surface area (Å²) >= 11 is 0. The summed E-state index contributed by atoms with van der Waals surface area (Å²) in [7, 11) is 1.24. The van der Waals surface area contributed by atoms with Crippen LogP contribution in [-0.4, -0.2) is 54.0 Å². The van der Waals surface area contributed by atoms with Crippen LogP contribution in [0.3, 0.4) is 0 Å². The molecule has 4 nitrogen and oxygen atoms in total. The Hall–Kier alpha value is -2.19. The molecule has 0 N–H and O–H groups in total. The Kier molecular flexibility index (Phi) is 4.58. The van der Waals surface area contributed by atoms with Gasteiger partial charge in [-0.3, -0.25) is 9.59 Å². The van der Waals surface area contributed by atoms with Crippen molar-refractivity contribution < 1.29 is 31.5 Å². The molecule has 126 valence electrons. The van der Waals surface area contributed by atoms with Crippen LogP contribution in [0.5, 0.6) is 0 Å². The average Bonchev–Trinajstić information content (AvgIpc) is 2.80. The van der Waals surface area contributed by atoms with E-state index < -0.39 is 42.2 Å². The Morgan fingerprint density at radius 2 is 1.96 bits per heavy atom. The molecule has 23 heavy (non-hydrogen) atoms. The Bertz CT molecular complexity index is 632. The molecule has 0 radical (unpaired) electrons. The minimum absolute atomic E-state index is 0.0425. The fourth-order valence-corrected chi connectivity index (χ4v) is 2.43. The normalized spacial score (nSPS) is 18.4. The van der Waals surface area contributed by atoms with E-state index in [2.05, 4.69) is 0 Å². The van der Waals surface area contributed by atoms with Gasteiger partial charge in [0.05, 0.1) is 0 Å². The maximum atomic E-state index is 13.2. The van der Waals surface area contributed by atoms with Crippen molar-refractivity contribution in [1.82, 2.24) is 9.80 Å². The number of alkyl halides is 3. The van der Waals surface area contributed by atoms with E-state index in [9.17, 15) is 31.5 Å². The van der Waals surface area contributed by atoms with Crippen LogP contribution in [-0.2, 0) is 4.79 Å². The molecule has 1 heterocycles. The maximum Gasteiger partial charge on any atom is 0.406 e. The second-order valence-electron chi connectivity index (χ2n) is 5.22. The van der Waals surface area contributed by atoms with Gasteiger partial charge in [0, 0.05) is 19.2 Å². The van der Waals surface area contributed by atoms with Gasteiger partial charge in [0.2, 0.25) is 5.91 Å². The monoisotopic (exact) mass is 336 g/mol. The van der Waals surface area contributed by atoms with Gasteiger partial charge in [-0.15, -0.1) is 0 Å². The number of carbonyl (C=O) groups is 2. The van der Waals surface area contributed by atoms with Gasteiger partial charge in [0.25, 0.3) is 5.91 Å². The molecule has 1 fully saturated rings. The first-order chi connectivity index (χ1) is 10.6. The van der Waals surface area contributed by atoms with Crippen LogP contribution in [0.2, 0.25) is 0 Å². The molecule has 0 saturated carbocycles. The molecular weight excluding hydrogens is 323 g/mol. The second-order valence-corrected chi connectivity index (χ2v) is 5.22. The van der Waals surface area contributed by atoms with Gasteiger partial charge >= 0.3 is 6.18 Å². The lowest BCUT2D eigenvalue weighted by atomic mass is 10.1. The highest BCUT2D eigenvalue weighted by molar-refractivity contribution is 5.97. The van der Waals surface area contributed by atoms with Gasteiger partial charge in [-0.25, -0.2) is 8.78 Å². The van der Waals surface area contributed by atoms with E-state index in [-0.39, 0.29) is 18.5 Å². The zero-order valence-electron chi connectivity index (χ0n) is 12.0. The van der Waals surface area contributed by atoms with E-state index in [0.29, 0.717) is 11.0 Å². The summed E-state index contributed by atoms with van der Waals surface area (Å²) < 4.78 is 63.1. The molecule has 0 unspecified atom stereocenters. The lowest BCUT2D eigenvalue weighted by molar-refractivity contribution is -0.158. The molecular formula is C14H13F5N2O2. The molecule has 1 aliphatic rings. The standard InChI is InChI=1S/C14H13F5N2O2/c1-20(12(22)8-2-3-9(15)10(16)6-8)11-4-5-21(13(11)23)7-14(17,18)19/h2-3,6,11H,4-5,7H2,1H3/t11-/m1/s1. The average molecular weight is 336 g/mol. The van der Waals surface area contributed by atoms with Crippen LogP contribution < -0.4 is 0 Å². The number of hydrogen-bond donors (Lipinski definition) is 0. The number of likely N-dealkylation sites (tertiary alicyclic amines) is 1. The number of halogens is 5. The fraction of sp³-hybridized carbons (Fsp3) is 0.429. The Balaban J connectivity index is 2.11. The molecule has 1 aromatic rings. The first-order valence-corrected chi connectivity index (χ1v) is 6.68. The SMILES string of the molecule is CN(C(=O)c1ccc(F)c(F)c1)[C@@H]1CCN(CC(F)(F)F)C1=O.